The number of aromatic amines is 1. The Morgan fingerprint density at radius 3 is 2.36 bits per heavy atom. The number of alkyl halides is 3. The van der Waals surface area contributed by atoms with E-state index in [4.69, 9.17) is 0 Å². The molecule has 25 heavy (non-hydrogen) atoms. The third kappa shape index (κ3) is 3.24. The van der Waals surface area contributed by atoms with Crippen LogP contribution in [0.2, 0.25) is 0 Å². The molecular formula is C19H16F3NO2. The Morgan fingerprint density at radius 2 is 1.80 bits per heavy atom. The Kier molecular flexibility index (Phi) is 4.29. The SMILES string of the molecule is CCc1ccc(-c2[nH]c3c(C(F)(F)F)cccc3c2CC(=O)O)cc1. The van der Waals surface area contributed by atoms with Gasteiger partial charge < -0.3 is 10.1 Å². The van der Waals surface area contributed by atoms with Crippen LogP contribution >= 0.6 is 0 Å². The van der Waals surface area contributed by atoms with Gasteiger partial charge in [0.05, 0.1) is 23.2 Å². The molecule has 3 nitrogen and oxygen atoms in total. The van der Waals surface area contributed by atoms with E-state index in [9.17, 15) is 23.1 Å². The summed E-state index contributed by atoms with van der Waals surface area (Å²) in [6, 6.07) is 11.2. The van der Waals surface area contributed by atoms with E-state index in [1.165, 1.54) is 12.1 Å². The minimum Gasteiger partial charge on any atom is -0.481 e. The lowest BCUT2D eigenvalue weighted by molar-refractivity contribution is -0.137. The summed E-state index contributed by atoms with van der Waals surface area (Å²) < 4.78 is 39.9. The van der Waals surface area contributed by atoms with E-state index in [-0.39, 0.29) is 17.3 Å². The number of para-hydroxylation sites is 1. The first kappa shape index (κ1) is 17.1. The topological polar surface area (TPSA) is 53.1 Å². The zero-order valence-corrected chi connectivity index (χ0v) is 13.4. The number of hydrogen-bond acceptors (Lipinski definition) is 1. The molecule has 1 aromatic heterocycles. The molecule has 3 rings (SSSR count). The predicted octanol–water partition coefficient (Wildman–Crippen LogP) is 5.04. The quantitative estimate of drug-likeness (QED) is 0.694. The van der Waals surface area contributed by atoms with Crippen molar-refractivity contribution < 1.29 is 23.1 Å². The Hall–Kier alpha value is -2.76. The molecule has 2 aromatic carbocycles. The number of benzene rings is 2. The van der Waals surface area contributed by atoms with Crippen LogP contribution in [0.1, 0.15) is 23.6 Å². The van der Waals surface area contributed by atoms with Gasteiger partial charge in [-0.25, -0.2) is 0 Å². The number of nitrogens with one attached hydrogen (secondary N) is 1. The van der Waals surface area contributed by atoms with E-state index in [1.54, 1.807) is 12.1 Å². The molecule has 0 aliphatic heterocycles. The van der Waals surface area contributed by atoms with Crippen molar-refractivity contribution >= 4 is 16.9 Å². The highest BCUT2D eigenvalue weighted by Crippen LogP contribution is 2.38. The number of halogens is 3. The van der Waals surface area contributed by atoms with Crippen LogP contribution in [-0.4, -0.2) is 16.1 Å². The zero-order valence-electron chi connectivity index (χ0n) is 13.4. The summed E-state index contributed by atoms with van der Waals surface area (Å²) in [5, 5.41) is 9.48. The summed E-state index contributed by atoms with van der Waals surface area (Å²) in [7, 11) is 0. The smallest absolute Gasteiger partial charge is 0.418 e. The minimum absolute atomic E-state index is 0.0826. The number of carboxylic acids is 1. The van der Waals surface area contributed by atoms with Gasteiger partial charge in [0.15, 0.2) is 0 Å². The maximum atomic E-state index is 13.3. The second-order valence-electron chi connectivity index (χ2n) is 5.83. The second kappa shape index (κ2) is 6.27. The highest BCUT2D eigenvalue weighted by molar-refractivity contribution is 5.95. The fourth-order valence-electron chi connectivity index (χ4n) is 3.00. The van der Waals surface area contributed by atoms with Gasteiger partial charge in [-0.15, -0.1) is 0 Å². The third-order valence-corrected chi connectivity index (χ3v) is 4.23. The lowest BCUT2D eigenvalue weighted by Gasteiger charge is -2.07. The average molecular weight is 347 g/mol. The van der Waals surface area contributed by atoms with Gasteiger partial charge in [0.1, 0.15) is 0 Å². The number of hydrogen-bond donors (Lipinski definition) is 2. The van der Waals surface area contributed by atoms with Crippen LogP contribution in [0.4, 0.5) is 13.2 Å². The minimum atomic E-state index is -4.52. The summed E-state index contributed by atoms with van der Waals surface area (Å²) in [6.45, 7) is 2.00. The van der Waals surface area contributed by atoms with Crippen molar-refractivity contribution in [3.8, 4) is 11.3 Å². The molecule has 2 N–H and O–H groups in total. The van der Waals surface area contributed by atoms with E-state index in [0.29, 0.717) is 16.8 Å². The van der Waals surface area contributed by atoms with Gasteiger partial charge in [-0.1, -0.05) is 43.3 Å². The van der Waals surface area contributed by atoms with Crippen LogP contribution in [-0.2, 0) is 23.8 Å². The van der Waals surface area contributed by atoms with Crippen LogP contribution in [0.5, 0.6) is 0 Å². The van der Waals surface area contributed by atoms with Gasteiger partial charge in [-0.05, 0) is 29.2 Å². The molecule has 1 heterocycles. The van der Waals surface area contributed by atoms with Crippen molar-refractivity contribution in [3.05, 3.63) is 59.2 Å². The number of fused-ring (bicyclic) bond motifs is 1. The largest absolute Gasteiger partial charge is 0.481 e. The van der Waals surface area contributed by atoms with Crippen molar-refractivity contribution in [3.63, 3.8) is 0 Å². The molecule has 0 bridgehead atoms. The van der Waals surface area contributed by atoms with Crippen LogP contribution in [0, 0.1) is 0 Å². The van der Waals surface area contributed by atoms with E-state index in [0.717, 1.165) is 18.1 Å². The van der Waals surface area contributed by atoms with Crippen molar-refractivity contribution in [1.29, 1.82) is 0 Å². The number of aromatic nitrogens is 1. The molecule has 0 spiro atoms. The summed E-state index contributed by atoms with van der Waals surface area (Å²) in [4.78, 5) is 14.1. The zero-order chi connectivity index (χ0) is 18.2. The van der Waals surface area contributed by atoms with Crippen LogP contribution in [0.3, 0.4) is 0 Å². The molecule has 0 aliphatic carbocycles. The normalized spacial score (nSPS) is 11.8. The van der Waals surface area contributed by atoms with Gasteiger partial charge in [0, 0.05) is 5.39 Å². The monoisotopic (exact) mass is 347 g/mol. The average Bonchev–Trinajstić information content (AvgIpc) is 2.92. The molecule has 0 aliphatic rings. The lowest BCUT2D eigenvalue weighted by Crippen LogP contribution is -2.05. The molecule has 130 valence electrons. The van der Waals surface area contributed by atoms with Crippen molar-refractivity contribution in [2.24, 2.45) is 0 Å². The third-order valence-electron chi connectivity index (χ3n) is 4.23. The second-order valence-corrected chi connectivity index (χ2v) is 5.83. The number of aryl methyl sites for hydroxylation is 1. The van der Waals surface area contributed by atoms with Crippen LogP contribution in [0.15, 0.2) is 42.5 Å². The highest BCUT2D eigenvalue weighted by atomic mass is 19.4. The van der Waals surface area contributed by atoms with Crippen LogP contribution < -0.4 is 0 Å². The Bertz CT molecular complexity index is 924. The predicted molar refractivity (Wildman–Crippen MR) is 89.5 cm³/mol. The summed E-state index contributed by atoms with van der Waals surface area (Å²) in [5.41, 5.74) is 1.65. The molecule has 0 radical (unpaired) electrons. The van der Waals surface area contributed by atoms with Crippen molar-refractivity contribution in [2.45, 2.75) is 25.9 Å². The Balaban J connectivity index is 2.27. The lowest BCUT2D eigenvalue weighted by atomic mass is 10.0. The maximum Gasteiger partial charge on any atom is 0.418 e. The first-order valence-corrected chi connectivity index (χ1v) is 7.83. The van der Waals surface area contributed by atoms with Gasteiger partial charge in [-0.2, -0.15) is 13.2 Å². The number of carboxylic acid groups (broad SMARTS) is 1. The molecule has 0 saturated heterocycles. The van der Waals surface area contributed by atoms with E-state index >= 15 is 0 Å². The molecule has 0 fully saturated rings. The molecule has 0 atom stereocenters. The molecule has 6 heteroatoms. The van der Waals surface area contributed by atoms with Gasteiger partial charge in [-0.3, -0.25) is 4.79 Å². The molecule has 0 saturated carbocycles. The summed E-state index contributed by atoms with van der Waals surface area (Å²) >= 11 is 0. The van der Waals surface area contributed by atoms with E-state index < -0.39 is 17.7 Å². The molecular weight excluding hydrogens is 331 g/mol. The summed E-state index contributed by atoms with van der Waals surface area (Å²) in [5.74, 6) is -1.09. The van der Waals surface area contributed by atoms with Gasteiger partial charge in [0.25, 0.3) is 0 Å². The maximum absolute atomic E-state index is 13.3. The summed E-state index contributed by atoms with van der Waals surface area (Å²) in [6.07, 6.45) is -4.03. The number of carbonyl (C=O) groups is 1. The van der Waals surface area contributed by atoms with E-state index in [1.807, 2.05) is 19.1 Å². The Labute approximate surface area is 142 Å². The molecule has 0 unspecified atom stereocenters. The number of aliphatic carboxylic acids is 1. The molecule has 0 amide bonds. The Morgan fingerprint density at radius 1 is 1.12 bits per heavy atom. The van der Waals surface area contributed by atoms with Crippen molar-refractivity contribution in [2.75, 3.05) is 0 Å². The first-order chi connectivity index (χ1) is 11.8. The van der Waals surface area contributed by atoms with Crippen molar-refractivity contribution in [1.82, 2.24) is 4.98 Å². The highest BCUT2D eigenvalue weighted by Gasteiger charge is 2.34. The number of H-pyrrole nitrogens is 1. The van der Waals surface area contributed by atoms with Gasteiger partial charge in [0.2, 0.25) is 0 Å². The van der Waals surface area contributed by atoms with Crippen LogP contribution in [0.25, 0.3) is 22.2 Å². The first-order valence-electron chi connectivity index (χ1n) is 7.83. The van der Waals surface area contributed by atoms with Gasteiger partial charge >= 0.3 is 12.1 Å². The molecule has 3 aromatic rings. The standard InChI is InChI=1S/C19H16F3NO2/c1-2-11-6-8-12(9-7-11)17-14(10-16(24)25)13-4-3-5-15(18(13)23-17)19(20,21)22/h3-9,23H,2,10H2,1H3,(H,24,25). The fraction of sp³-hybridized carbons (Fsp3) is 0.211. The van der Waals surface area contributed by atoms with E-state index in [2.05, 4.69) is 4.98 Å². The fourth-order valence-corrected chi connectivity index (χ4v) is 3.00. The number of rotatable bonds is 4.